The molecule has 0 bridgehead atoms. The van der Waals surface area contributed by atoms with Gasteiger partial charge in [-0.3, -0.25) is 0 Å². The van der Waals surface area contributed by atoms with Crippen molar-refractivity contribution < 1.29 is 9.47 Å². The van der Waals surface area contributed by atoms with E-state index in [0.717, 1.165) is 13.2 Å². The van der Waals surface area contributed by atoms with Crippen LogP contribution in [-0.4, -0.2) is 25.4 Å². The molecule has 0 spiro atoms. The van der Waals surface area contributed by atoms with Crippen molar-refractivity contribution in [3.05, 3.63) is 0 Å². The van der Waals surface area contributed by atoms with Crippen LogP contribution < -0.4 is 0 Å². The molecule has 2 aliphatic heterocycles. The first kappa shape index (κ1) is 11.4. The van der Waals surface area contributed by atoms with Crippen molar-refractivity contribution in [1.29, 1.82) is 0 Å². The van der Waals surface area contributed by atoms with Crippen LogP contribution in [0.15, 0.2) is 0 Å². The Balaban J connectivity index is 2.09. The molecule has 0 aromatic carbocycles. The molecule has 2 heterocycles. The summed E-state index contributed by atoms with van der Waals surface area (Å²) < 4.78 is 11.9. The fourth-order valence-electron chi connectivity index (χ4n) is 2.84. The Labute approximate surface area is 93.3 Å². The van der Waals surface area contributed by atoms with E-state index in [-0.39, 0.29) is 0 Å². The van der Waals surface area contributed by atoms with E-state index in [9.17, 15) is 0 Å². The molecule has 2 unspecified atom stereocenters. The van der Waals surface area contributed by atoms with Crippen molar-refractivity contribution in [2.45, 2.75) is 46.8 Å². The molecule has 0 aromatic heterocycles. The second-order valence-corrected chi connectivity index (χ2v) is 6.48. The van der Waals surface area contributed by atoms with Gasteiger partial charge in [-0.15, -0.1) is 0 Å². The molecule has 2 heteroatoms. The zero-order valence-electron chi connectivity index (χ0n) is 10.6. The van der Waals surface area contributed by atoms with E-state index < -0.39 is 0 Å². The normalized spacial score (nSPS) is 41.2. The molecule has 2 fully saturated rings. The summed E-state index contributed by atoms with van der Waals surface area (Å²) in [6, 6.07) is 0. The van der Waals surface area contributed by atoms with Crippen LogP contribution in [0.3, 0.4) is 0 Å². The largest absolute Gasteiger partial charge is 0.375 e. The van der Waals surface area contributed by atoms with Gasteiger partial charge in [-0.25, -0.2) is 0 Å². The lowest BCUT2D eigenvalue weighted by molar-refractivity contribution is 0.0322. The van der Waals surface area contributed by atoms with E-state index >= 15 is 0 Å². The fourth-order valence-corrected chi connectivity index (χ4v) is 2.84. The Kier molecular flexibility index (Phi) is 2.85. The van der Waals surface area contributed by atoms with Crippen molar-refractivity contribution in [1.82, 2.24) is 0 Å². The second kappa shape index (κ2) is 3.74. The lowest BCUT2D eigenvalue weighted by atomic mass is 9.76. The number of hydrogen-bond donors (Lipinski definition) is 0. The summed E-state index contributed by atoms with van der Waals surface area (Å²) in [5.41, 5.74) is 0.297. The lowest BCUT2D eigenvalue weighted by Crippen LogP contribution is -2.34. The van der Waals surface area contributed by atoms with Crippen LogP contribution >= 0.6 is 0 Å². The Morgan fingerprint density at radius 1 is 1.00 bits per heavy atom. The number of fused-ring (bicyclic) bond motifs is 1. The molecule has 0 aliphatic carbocycles. The molecule has 88 valence electrons. The molecule has 2 nitrogen and oxygen atoms in total. The van der Waals surface area contributed by atoms with Gasteiger partial charge in [0.25, 0.3) is 0 Å². The molecule has 4 atom stereocenters. The molecule has 0 radical (unpaired) electrons. The SMILES string of the molecule is CC(C)C1CO[C@@H]2C(C(C)(C)C)CO[C@H]12. The van der Waals surface area contributed by atoms with E-state index in [1.807, 2.05) is 0 Å². The highest BCUT2D eigenvalue weighted by Crippen LogP contribution is 2.44. The number of ether oxygens (including phenoxy) is 2. The minimum atomic E-state index is 0.297. The zero-order chi connectivity index (χ0) is 11.2. The van der Waals surface area contributed by atoms with Crippen LogP contribution in [0.5, 0.6) is 0 Å². The topological polar surface area (TPSA) is 18.5 Å². The highest BCUT2D eigenvalue weighted by atomic mass is 16.6. The molecule has 0 N–H and O–H groups in total. The van der Waals surface area contributed by atoms with Gasteiger partial charge in [0.1, 0.15) is 0 Å². The first-order chi connectivity index (χ1) is 6.91. The van der Waals surface area contributed by atoms with E-state index in [2.05, 4.69) is 34.6 Å². The van der Waals surface area contributed by atoms with Crippen molar-refractivity contribution >= 4 is 0 Å². The molecule has 2 saturated heterocycles. The lowest BCUT2D eigenvalue weighted by Gasteiger charge is -2.29. The Bertz CT molecular complexity index is 229. The summed E-state index contributed by atoms with van der Waals surface area (Å²) >= 11 is 0. The quantitative estimate of drug-likeness (QED) is 0.665. The summed E-state index contributed by atoms with van der Waals surface area (Å²) in [6.07, 6.45) is 0.701. The Hall–Kier alpha value is -0.0800. The molecule has 0 saturated carbocycles. The number of rotatable bonds is 1. The maximum absolute atomic E-state index is 5.96. The van der Waals surface area contributed by atoms with E-state index in [4.69, 9.17) is 9.47 Å². The summed E-state index contributed by atoms with van der Waals surface area (Å²) in [5, 5.41) is 0. The van der Waals surface area contributed by atoms with Crippen molar-refractivity contribution in [2.75, 3.05) is 13.2 Å². The van der Waals surface area contributed by atoms with E-state index in [1.54, 1.807) is 0 Å². The van der Waals surface area contributed by atoms with Crippen molar-refractivity contribution in [3.63, 3.8) is 0 Å². The first-order valence-corrected chi connectivity index (χ1v) is 6.14. The van der Waals surface area contributed by atoms with Crippen LogP contribution in [0.2, 0.25) is 0 Å². The summed E-state index contributed by atoms with van der Waals surface area (Å²) in [6.45, 7) is 13.2. The predicted octanol–water partition coefficient (Wildman–Crippen LogP) is 2.72. The monoisotopic (exact) mass is 212 g/mol. The van der Waals surface area contributed by atoms with Gasteiger partial charge in [0.2, 0.25) is 0 Å². The zero-order valence-corrected chi connectivity index (χ0v) is 10.6. The minimum Gasteiger partial charge on any atom is -0.375 e. The molecule has 0 aromatic rings. The van der Waals surface area contributed by atoms with Crippen LogP contribution in [-0.2, 0) is 9.47 Å². The van der Waals surface area contributed by atoms with Gasteiger partial charge in [0.15, 0.2) is 0 Å². The highest BCUT2D eigenvalue weighted by molar-refractivity contribution is 4.98. The molecule has 2 rings (SSSR count). The highest BCUT2D eigenvalue weighted by Gasteiger charge is 2.51. The van der Waals surface area contributed by atoms with Crippen molar-refractivity contribution in [2.24, 2.45) is 23.2 Å². The first-order valence-electron chi connectivity index (χ1n) is 6.14. The third-order valence-corrected chi connectivity index (χ3v) is 4.06. The maximum atomic E-state index is 5.96. The molecular weight excluding hydrogens is 188 g/mol. The minimum absolute atomic E-state index is 0.297. The predicted molar refractivity (Wildman–Crippen MR) is 60.8 cm³/mol. The summed E-state index contributed by atoms with van der Waals surface area (Å²) in [5.74, 6) is 1.83. The van der Waals surface area contributed by atoms with E-state index in [1.165, 1.54) is 0 Å². The van der Waals surface area contributed by atoms with Gasteiger partial charge in [-0.1, -0.05) is 34.6 Å². The standard InChI is InChI=1S/C13H24O2/c1-8(2)9-6-14-12-10(13(3,4)5)7-15-11(9)12/h8-12H,6-7H2,1-5H3/t9?,10?,11-,12-/m1/s1. The average molecular weight is 212 g/mol. The van der Waals surface area contributed by atoms with Crippen molar-refractivity contribution in [3.8, 4) is 0 Å². The van der Waals surface area contributed by atoms with Gasteiger partial charge >= 0.3 is 0 Å². The molecular formula is C13H24O2. The van der Waals surface area contributed by atoms with Crippen LogP contribution in [0, 0.1) is 23.2 Å². The Morgan fingerprint density at radius 2 is 1.60 bits per heavy atom. The van der Waals surface area contributed by atoms with Crippen LogP contribution in [0.25, 0.3) is 0 Å². The second-order valence-electron chi connectivity index (χ2n) is 6.48. The molecule has 0 amide bonds. The van der Waals surface area contributed by atoms with Gasteiger partial charge in [-0.05, 0) is 11.3 Å². The van der Waals surface area contributed by atoms with Gasteiger partial charge < -0.3 is 9.47 Å². The fraction of sp³-hybridized carbons (Fsp3) is 1.00. The smallest absolute Gasteiger partial charge is 0.0895 e. The van der Waals surface area contributed by atoms with Gasteiger partial charge in [-0.2, -0.15) is 0 Å². The maximum Gasteiger partial charge on any atom is 0.0895 e. The molecule has 15 heavy (non-hydrogen) atoms. The average Bonchev–Trinajstić information content (AvgIpc) is 2.56. The third kappa shape index (κ3) is 1.94. The van der Waals surface area contributed by atoms with E-state index in [0.29, 0.717) is 35.4 Å². The third-order valence-electron chi connectivity index (χ3n) is 4.06. The summed E-state index contributed by atoms with van der Waals surface area (Å²) in [7, 11) is 0. The van der Waals surface area contributed by atoms with Crippen LogP contribution in [0.4, 0.5) is 0 Å². The molecule has 2 aliphatic rings. The van der Waals surface area contributed by atoms with Crippen LogP contribution in [0.1, 0.15) is 34.6 Å². The Morgan fingerprint density at radius 3 is 2.13 bits per heavy atom. The summed E-state index contributed by atoms with van der Waals surface area (Å²) in [4.78, 5) is 0. The van der Waals surface area contributed by atoms with Gasteiger partial charge in [0.05, 0.1) is 25.4 Å². The van der Waals surface area contributed by atoms with Gasteiger partial charge in [0, 0.05) is 11.8 Å². The number of hydrogen-bond acceptors (Lipinski definition) is 2.